The van der Waals surface area contributed by atoms with Crippen molar-refractivity contribution in [3.05, 3.63) is 59.7 Å². The Balaban J connectivity index is 1.91. The van der Waals surface area contributed by atoms with Crippen molar-refractivity contribution in [2.75, 3.05) is 6.61 Å². The van der Waals surface area contributed by atoms with Crippen molar-refractivity contribution < 1.29 is 9.63 Å². The molecule has 20 heavy (non-hydrogen) atoms. The average molecular weight is 283 g/mol. The number of carbonyl (C=O) groups excluding carboxylic acids is 1. The number of rotatable bonds is 4. The summed E-state index contributed by atoms with van der Waals surface area (Å²) in [6.45, 7) is 0.454. The van der Waals surface area contributed by atoms with Crippen LogP contribution in [0.5, 0.6) is 0 Å². The number of thiol groups is 1. The van der Waals surface area contributed by atoms with E-state index in [1.165, 1.54) is 22.3 Å². The molecule has 4 heteroatoms. The van der Waals surface area contributed by atoms with E-state index in [0.717, 1.165) is 0 Å². The topological polar surface area (TPSA) is 38.7 Å². The first-order valence-corrected chi connectivity index (χ1v) is 7.27. The van der Waals surface area contributed by atoms with Crippen LogP contribution in [-0.2, 0) is 9.63 Å². The Bertz CT molecular complexity index is 660. The van der Waals surface area contributed by atoms with E-state index >= 15 is 0 Å². The molecule has 100 valence electrons. The SMILES string of the molecule is O=C[SH]=C=NOCC1c2ccccc2-c2ccccc21. The molecule has 3 nitrogen and oxygen atoms in total. The maximum atomic E-state index is 10.2. The molecule has 0 fully saturated rings. The molecule has 0 spiro atoms. The molecule has 0 amide bonds. The third-order valence-electron chi connectivity index (χ3n) is 3.42. The predicted octanol–water partition coefficient (Wildman–Crippen LogP) is 3.29. The minimum Gasteiger partial charge on any atom is -0.387 e. The highest BCUT2D eigenvalue weighted by Gasteiger charge is 2.28. The number of nitrogens with zero attached hydrogens (tertiary/aromatic N) is 1. The number of benzene rings is 2. The normalized spacial score (nSPS) is 12.2. The molecule has 0 unspecified atom stereocenters. The van der Waals surface area contributed by atoms with Gasteiger partial charge in [-0.15, -0.1) is 0 Å². The van der Waals surface area contributed by atoms with E-state index in [9.17, 15) is 4.79 Å². The van der Waals surface area contributed by atoms with Gasteiger partial charge in [-0.05, 0) is 27.4 Å². The fourth-order valence-corrected chi connectivity index (χ4v) is 2.78. The average Bonchev–Trinajstić information content (AvgIpc) is 2.82. The summed E-state index contributed by atoms with van der Waals surface area (Å²) in [5.41, 5.74) is 5.76. The Morgan fingerprint density at radius 3 is 2.30 bits per heavy atom. The highest BCUT2D eigenvalue weighted by molar-refractivity contribution is 8.09. The summed E-state index contributed by atoms with van der Waals surface area (Å²) in [5.74, 6) is 0.181. The number of carbonyl (C=O) groups is 1. The summed E-state index contributed by atoms with van der Waals surface area (Å²) in [4.78, 5) is 15.4. The van der Waals surface area contributed by atoms with E-state index < -0.39 is 0 Å². The smallest absolute Gasteiger partial charge is 0.176 e. The van der Waals surface area contributed by atoms with E-state index in [0.29, 0.717) is 23.6 Å². The molecule has 0 aromatic heterocycles. The summed E-state index contributed by atoms with van der Waals surface area (Å²) in [5, 5.41) is 6.19. The van der Waals surface area contributed by atoms with Crippen molar-refractivity contribution in [2.24, 2.45) is 5.16 Å². The molecule has 0 saturated heterocycles. The molecule has 1 aliphatic carbocycles. The van der Waals surface area contributed by atoms with Gasteiger partial charge in [0, 0.05) is 5.92 Å². The molecule has 1 aliphatic rings. The van der Waals surface area contributed by atoms with Gasteiger partial charge in [0.15, 0.2) is 5.62 Å². The van der Waals surface area contributed by atoms with Crippen molar-refractivity contribution in [1.29, 1.82) is 0 Å². The van der Waals surface area contributed by atoms with Crippen LogP contribution in [0.2, 0.25) is 0 Å². The quantitative estimate of drug-likeness (QED) is 0.307. The first kappa shape index (κ1) is 12.9. The Labute approximate surface area is 120 Å². The van der Waals surface area contributed by atoms with Gasteiger partial charge in [-0.1, -0.05) is 59.9 Å². The monoisotopic (exact) mass is 283 g/mol. The van der Waals surface area contributed by atoms with Gasteiger partial charge in [0.1, 0.15) is 6.61 Å². The fourth-order valence-electron chi connectivity index (χ4n) is 2.63. The van der Waals surface area contributed by atoms with Gasteiger partial charge in [0.2, 0.25) is 0 Å². The molecular formula is C16H13NO2S. The number of isothiocyanates is 1. The predicted molar refractivity (Wildman–Crippen MR) is 82.8 cm³/mol. The lowest BCUT2D eigenvalue weighted by molar-refractivity contribution is 0.140. The summed E-state index contributed by atoms with van der Waals surface area (Å²) < 4.78 is 0. The number of fused-ring (bicyclic) bond motifs is 3. The maximum Gasteiger partial charge on any atom is 0.176 e. The third-order valence-corrected chi connectivity index (χ3v) is 3.72. The molecule has 0 bridgehead atoms. The van der Waals surface area contributed by atoms with Crippen LogP contribution in [0.1, 0.15) is 17.0 Å². The van der Waals surface area contributed by atoms with Crippen LogP contribution in [-0.4, -0.2) is 17.4 Å². The van der Waals surface area contributed by atoms with Crippen LogP contribution in [0.4, 0.5) is 0 Å². The zero-order valence-corrected chi connectivity index (χ0v) is 11.6. The molecule has 2 aromatic rings. The van der Waals surface area contributed by atoms with Gasteiger partial charge in [-0.3, -0.25) is 4.79 Å². The Morgan fingerprint density at radius 1 is 1.10 bits per heavy atom. The van der Waals surface area contributed by atoms with Gasteiger partial charge in [-0.2, -0.15) is 0 Å². The maximum absolute atomic E-state index is 10.2. The number of hydrogen-bond donors (Lipinski definition) is 1. The fraction of sp³-hybridized carbons (Fsp3) is 0.125. The van der Waals surface area contributed by atoms with E-state index in [2.05, 4.69) is 34.6 Å². The second-order valence-electron chi connectivity index (χ2n) is 4.45. The van der Waals surface area contributed by atoms with E-state index in [1.807, 2.05) is 24.3 Å². The van der Waals surface area contributed by atoms with E-state index in [1.54, 1.807) is 0 Å². The van der Waals surface area contributed by atoms with Gasteiger partial charge in [0.05, 0.1) is 5.16 Å². The zero-order chi connectivity index (χ0) is 13.8. The van der Waals surface area contributed by atoms with Crippen LogP contribution in [0, 0.1) is 0 Å². The van der Waals surface area contributed by atoms with Crippen molar-refractivity contribution in [2.45, 2.75) is 5.92 Å². The van der Waals surface area contributed by atoms with Crippen LogP contribution < -0.4 is 0 Å². The molecule has 0 heterocycles. The highest BCUT2D eigenvalue weighted by Crippen LogP contribution is 2.44. The van der Waals surface area contributed by atoms with E-state index in [-0.39, 0.29) is 5.92 Å². The van der Waals surface area contributed by atoms with Crippen molar-refractivity contribution in [3.63, 3.8) is 0 Å². The summed E-state index contributed by atoms with van der Waals surface area (Å²) in [6, 6.07) is 16.7. The van der Waals surface area contributed by atoms with Crippen molar-refractivity contribution >= 4 is 22.1 Å². The molecule has 0 saturated carbocycles. The van der Waals surface area contributed by atoms with Crippen LogP contribution in [0.15, 0.2) is 53.7 Å². The molecular weight excluding hydrogens is 270 g/mol. The largest absolute Gasteiger partial charge is 0.387 e. The molecule has 0 atom stereocenters. The Morgan fingerprint density at radius 2 is 1.70 bits per heavy atom. The van der Waals surface area contributed by atoms with Crippen LogP contribution in [0.25, 0.3) is 11.1 Å². The van der Waals surface area contributed by atoms with Gasteiger partial charge >= 0.3 is 0 Å². The second kappa shape index (κ2) is 5.87. The molecule has 3 rings (SSSR count). The van der Waals surface area contributed by atoms with Crippen molar-refractivity contribution in [1.82, 2.24) is 0 Å². The highest BCUT2D eigenvalue weighted by atomic mass is 32.1. The summed E-state index contributed by atoms with van der Waals surface area (Å²) in [7, 11) is 0. The van der Waals surface area contributed by atoms with Crippen LogP contribution >= 0.6 is 11.4 Å². The minimum absolute atomic E-state index is 0.181. The molecule has 2 aromatic carbocycles. The van der Waals surface area contributed by atoms with Crippen LogP contribution in [0.3, 0.4) is 0 Å². The van der Waals surface area contributed by atoms with Gasteiger partial charge < -0.3 is 4.84 Å². The summed E-state index contributed by atoms with van der Waals surface area (Å²) >= 11 is 0.390. The second-order valence-corrected chi connectivity index (χ2v) is 5.12. The zero-order valence-electron chi connectivity index (χ0n) is 10.7. The first-order chi connectivity index (χ1) is 9.92. The summed E-state index contributed by atoms with van der Waals surface area (Å²) in [6.07, 6.45) is 0. The lowest BCUT2D eigenvalue weighted by atomic mass is 9.98. The van der Waals surface area contributed by atoms with Crippen molar-refractivity contribution in [3.8, 4) is 11.1 Å². The van der Waals surface area contributed by atoms with E-state index in [4.69, 9.17) is 4.84 Å². The Kier molecular flexibility index (Phi) is 3.77. The lowest BCUT2D eigenvalue weighted by Gasteiger charge is -2.11. The molecule has 0 aliphatic heterocycles. The van der Waals surface area contributed by atoms with Gasteiger partial charge in [-0.25, -0.2) is 0 Å². The standard InChI is InChI=1S/C16H13NO2S/c18-11-20-10-17-19-9-16-14-7-3-1-5-12(14)13-6-2-4-8-15(13)16/h1-8,11,16,20H,9H2. The lowest BCUT2D eigenvalue weighted by Crippen LogP contribution is -2.03. The third kappa shape index (κ3) is 2.31. The molecule has 0 radical (unpaired) electrons. The van der Waals surface area contributed by atoms with Gasteiger partial charge in [0.25, 0.3) is 0 Å². The minimum atomic E-state index is 0.181. The molecule has 0 N–H and O–H groups in total. The Hall–Kier alpha value is -2.16. The number of hydrogen-bond acceptors (Lipinski definition) is 3. The first-order valence-electron chi connectivity index (χ1n) is 6.30.